The van der Waals surface area contributed by atoms with Crippen LogP contribution in [0.3, 0.4) is 0 Å². The first-order valence-corrected chi connectivity index (χ1v) is 12.7. The molecule has 6 N–H and O–H groups in total. The summed E-state index contributed by atoms with van der Waals surface area (Å²) in [7, 11) is 0. The fraction of sp³-hybridized carbons (Fsp3) is 0.600. The number of rotatable bonds is 11. The van der Waals surface area contributed by atoms with Crippen LogP contribution in [-0.2, 0) is 19.2 Å². The Kier molecular flexibility index (Phi) is 13.1. The molecule has 1 fully saturated rings. The number of hydrogen-bond acceptors (Lipinski definition) is 9. The molecule has 13 nitrogen and oxygen atoms in total. The number of carbonyl (C=O) groups excluding carboxylic acids is 1. The number of carbonyl (C=O) groups is 4. The topological polar surface area (TPSA) is 180 Å². The van der Waals surface area contributed by atoms with Crippen LogP contribution in [0.4, 0.5) is 0 Å². The molecule has 0 aromatic heterocycles. The Balaban J connectivity index is 2.10. The normalized spacial score (nSPS) is 19.0. The van der Waals surface area contributed by atoms with Crippen molar-refractivity contribution in [2.24, 2.45) is 5.73 Å². The van der Waals surface area contributed by atoms with E-state index in [1.807, 2.05) is 42.2 Å². The predicted molar refractivity (Wildman–Crippen MR) is 140 cm³/mol. The smallest absolute Gasteiger partial charge is 0.317 e. The lowest BCUT2D eigenvalue weighted by Gasteiger charge is -2.33. The number of hydrogen-bond donors (Lipinski definition) is 5. The van der Waals surface area contributed by atoms with Crippen molar-refractivity contribution in [3.05, 3.63) is 35.9 Å². The number of benzene rings is 1. The highest BCUT2D eigenvalue weighted by atomic mass is 16.4. The lowest BCUT2D eigenvalue weighted by molar-refractivity contribution is -0.140. The van der Waals surface area contributed by atoms with Crippen molar-refractivity contribution in [2.45, 2.75) is 19.0 Å². The zero-order valence-corrected chi connectivity index (χ0v) is 21.9. The van der Waals surface area contributed by atoms with Gasteiger partial charge in [-0.2, -0.15) is 0 Å². The van der Waals surface area contributed by atoms with E-state index >= 15 is 0 Å². The molecule has 1 heterocycles. The molecule has 2 rings (SSSR count). The summed E-state index contributed by atoms with van der Waals surface area (Å²) in [5.41, 5.74) is 7.20. The van der Waals surface area contributed by atoms with E-state index in [4.69, 9.17) is 5.73 Å². The Morgan fingerprint density at radius 1 is 0.737 bits per heavy atom. The lowest BCUT2D eigenvalue weighted by atomic mass is 10.1. The van der Waals surface area contributed by atoms with Crippen molar-refractivity contribution < 1.29 is 34.5 Å². The largest absolute Gasteiger partial charge is 0.480 e. The van der Waals surface area contributed by atoms with Gasteiger partial charge in [0.05, 0.1) is 31.7 Å². The summed E-state index contributed by atoms with van der Waals surface area (Å²) in [5.74, 6) is -3.31. The van der Waals surface area contributed by atoms with Crippen LogP contribution in [0.5, 0.6) is 0 Å². The molecule has 0 bridgehead atoms. The minimum Gasteiger partial charge on any atom is -0.480 e. The lowest BCUT2D eigenvalue weighted by Crippen LogP contribution is -2.52. The first-order valence-electron chi connectivity index (χ1n) is 12.7. The zero-order chi connectivity index (χ0) is 28.1. The molecule has 1 unspecified atom stereocenters. The van der Waals surface area contributed by atoms with Gasteiger partial charge in [0.25, 0.3) is 0 Å². The second-order valence-corrected chi connectivity index (χ2v) is 9.56. The van der Waals surface area contributed by atoms with Gasteiger partial charge in [-0.3, -0.25) is 38.8 Å². The molecule has 0 spiro atoms. The Hall–Kier alpha value is -3.10. The van der Waals surface area contributed by atoms with Gasteiger partial charge in [0.2, 0.25) is 5.91 Å². The van der Waals surface area contributed by atoms with Gasteiger partial charge in [-0.05, 0) is 12.5 Å². The van der Waals surface area contributed by atoms with Crippen LogP contribution in [0.1, 0.15) is 18.5 Å². The zero-order valence-electron chi connectivity index (χ0n) is 21.9. The third-order valence-corrected chi connectivity index (χ3v) is 6.46. The summed E-state index contributed by atoms with van der Waals surface area (Å²) in [6, 6.07) is 8.43. The minimum atomic E-state index is -1.01. The maximum atomic E-state index is 12.8. The molecule has 0 radical (unpaired) electrons. The van der Waals surface area contributed by atoms with E-state index in [2.05, 4.69) is 5.32 Å². The number of nitrogens with two attached hydrogens (primary N) is 1. The van der Waals surface area contributed by atoms with Gasteiger partial charge in [-0.15, -0.1) is 0 Å². The van der Waals surface area contributed by atoms with Crippen LogP contribution >= 0.6 is 0 Å². The summed E-state index contributed by atoms with van der Waals surface area (Å²) in [6.07, 6.45) is 0. The molecule has 1 saturated heterocycles. The average Bonchev–Trinajstić information content (AvgIpc) is 2.85. The highest BCUT2D eigenvalue weighted by Crippen LogP contribution is 2.11. The number of carboxylic acid groups (broad SMARTS) is 3. The van der Waals surface area contributed by atoms with Gasteiger partial charge >= 0.3 is 17.9 Å². The Morgan fingerprint density at radius 2 is 1.11 bits per heavy atom. The van der Waals surface area contributed by atoms with E-state index in [0.717, 1.165) is 5.56 Å². The molecule has 0 aliphatic carbocycles. The van der Waals surface area contributed by atoms with E-state index < -0.39 is 23.9 Å². The molecule has 38 heavy (non-hydrogen) atoms. The van der Waals surface area contributed by atoms with Crippen molar-refractivity contribution in [3.8, 4) is 0 Å². The van der Waals surface area contributed by atoms with Gasteiger partial charge in [0, 0.05) is 58.9 Å². The third-order valence-electron chi connectivity index (χ3n) is 6.46. The summed E-state index contributed by atoms with van der Waals surface area (Å²) in [6.45, 7) is 4.27. The van der Waals surface area contributed by atoms with E-state index in [-0.39, 0.29) is 38.1 Å². The Morgan fingerprint density at radius 3 is 1.47 bits per heavy atom. The van der Waals surface area contributed by atoms with Crippen LogP contribution < -0.4 is 11.1 Å². The van der Waals surface area contributed by atoms with Crippen molar-refractivity contribution in [1.29, 1.82) is 0 Å². The maximum absolute atomic E-state index is 12.8. The number of nitrogens with zero attached hydrogens (tertiary/aromatic N) is 4. The van der Waals surface area contributed by atoms with E-state index in [0.29, 0.717) is 52.4 Å². The van der Waals surface area contributed by atoms with Crippen LogP contribution in [0.15, 0.2) is 30.3 Å². The number of nitrogens with one attached hydrogen (secondary N) is 1. The van der Waals surface area contributed by atoms with Crippen LogP contribution in [0.2, 0.25) is 0 Å². The van der Waals surface area contributed by atoms with Crippen LogP contribution in [0, 0.1) is 0 Å². The molecule has 0 saturated carbocycles. The highest BCUT2D eigenvalue weighted by molar-refractivity contribution is 5.82. The quantitative estimate of drug-likeness (QED) is 0.225. The van der Waals surface area contributed by atoms with Crippen molar-refractivity contribution in [1.82, 2.24) is 24.9 Å². The Labute approximate surface area is 222 Å². The SMILES string of the molecule is C[C@@H](NC(=O)C(N)CN1CCN(CC(=O)O)CCN(CC(=O)O)CCN(CC(=O)O)CC1)c1ccccc1. The molecule has 1 aromatic rings. The monoisotopic (exact) mass is 536 g/mol. The first kappa shape index (κ1) is 31.1. The summed E-state index contributed by atoms with van der Waals surface area (Å²) in [4.78, 5) is 54.0. The summed E-state index contributed by atoms with van der Waals surface area (Å²) in [5, 5.41) is 30.9. The van der Waals surface area contributed by atoms with Gasteiger partial charge in [-0.25, -0.2) is 0 Å². The van der Waals surface area contributed by atoms with Crippen LogP contribution in [-0.4, -0.2) is 143 Å². The number of aliphatic carboxylic acids is 3. The molecule has 1 aliphatic heterocycles. The van der Waals surface area contributed by atoms with Gasteiger partial charge < -0.3 is 26.4 Å². The van der Waals surface area contributed by atoms with Crippen LogP contribution in [0.25, 0.3) is 0 Å². The van der Waals surface area contributed by atoms with E-state index in [9.17, 15) is 34.5 Å². The van der Waals surface area contributed by atoms with Gasteiger partial charge in [0.15, 0.2) is 0 Å². The van der Waals surface area contributed by atoms with Gasteiger partial charge in [0.1, 0.15) is 0 Å². The van der Waals surface area contributed by atoms with E-state index in [1.54, 1.807) is 14.7 Å². The van der Waals surface area contributed by atoms with Crippen molar-refractivity contribution in [2.75, 3.05) is 78.5 Å². The predicted octanol–water partition coefficient (Wildman–Crippen LogP) is -1.33. The fourth-order valence-electron chi connectivity index (χ4n) is 4.32. The molecule has 1 aromatic carbocycles. The third kappa shape index (κ3) is 12.0. The first-order chi connectivity index (χ1) is 18.0. The molecular formula is C25H40N6O7. The maximum Gasteiger partial charge on any atom is 0.317 e. The molecular weight excluding hydrogens is 496 g/mol. The fourth-order valence-corrected chi connectivity index (χ4v) is 4.32. The number of amides is 1. The molecule has 1 amide bonds. The van der Waals surface area contributed by atoms with Crippen molar-refractivity contribution >= 4 is 23.8 Å². The molecule has 212 valence electrons. The summed E-state index contributed by atoms with van der Waals surface area (Å²) < 4.78 is 0. The van der Waals surface area contributed by atoms with E-state index in [1.165, 1.54) is 0 Å². The average molecular weight is 537 g/mol. The number of carboxylic acids is 3. The molecule has 13 heteroatoms. The Bertz CT molecular complexity index is 887. The van der Waals surface area contributed by atoms with Gasteiger partial charge in [-0.1, -0.05) is 30.3 Å². The second kappa shape index (κ2) is 16.0. The molecule has 1 aliphatic rings. The highest BCUT2D eigenvalue weighted by Gasteiger charge is 2.23. The molecule has 2 atom stereocenters. The van der Waals surface area contributed by atoms with Crippen molar-refractivity contribution in [3.63, 3.8) is 0 Å². The standard InChI is InChI=1S/C25H40N6O7/c1-19(20-5-3-2-4-6-20)27-25(38)21(26)15-28-7-9-29(16-22(32)33)11-13-31(18-24(36)37)14-12-30(10-8-28)17-23(34)35/h2-6,19,21H,7-18,26H2,1H3,(H,27,38)(H,32,33)(H,34,35)(H,36,37)/t19-,21?/m1/s1. The summed E-state index contributed by atoms with van der Waals surface area (Å²) >= 11 is 0. The minimum absolute atomic E-state index is 0.207. The second-order valence-electron chi connectivity index (χ2n) is 9.56.